The minimum Gasteiger partial charge on any atom is -0.496 e. The molecule has 1 saturated heterocycles. The zero-order valence-electron chi connectivity index (χ0n) is 31.5. The molecule has 8 atom stereocenters. The highest BCUT2D eigenvalue weighted by atomic mass is 16.7. The summed E-state index contributed by atoms with van der Waals surface area (Å²) in [6.07, 6.45) is 4.67. The van der Waals surface area contributed by atoms with Crippen molar-refractivity contribution in [3.05, 3.63) is 77.6 Å². The molecule has 2 heterocycles. The van der Waals surface area contributed by atoms with Crippen molar-refractivity contribution >= 4 is 17.5 Å². The summed E-state index contributed by atoms with van der Waals surface area (Å²) in [5.41, 5.74) is 5.02. The summed E-state index contributed by atoms with van der Waals surface area (Å²) in [7, 11) is 5.47. The third kappa shape index (κ3) is 7.42. The molecule has 11 nitrogen and oxygen atoms in total. The molecule has 1 aromatic heterocycles. The lowest BCUT2D eigenvalue weighted by Gasteiger charge is -2.62. The van der Waals surface area contributed by atoms with Gasteiger partial charge in [0.25, 0.3) is 5.91 Å². The average molecular weight is 714 g/mol. The Kier molecular flexibility index (Phi) is 11.3. The standard InChI is InChI=1S/C41H55N5O6/c1-24-33-19-30(41(33,3)4)20-34(24)44-40(50)37-36(25(2)48)35(23-47)52-46(37)22-27-11-8-12-32(38(27)51-7)28-16-29(18-31(17-28)45(5)6)39(49)43-15-13-26-10-9-14-42-21-26/h8-12,14,16-18,21,24-25,30,33-37,47-48H,13,15,19-20,22-23H2,1-7H3,(H,43,49)(H,44,50)/t24-,25-,30+,33-,34-,35-,36-,37-/m0/s1. The molecule has 2 bridgehead atoms. The van der Waals surface area contributed by atoms with Gasteiger partial charge < -0.3 is 30.5 Å². The molecule has 11 heteroatoms. The minimum absolute atomic E-state index is 0.0394. The lowest BCUT2D eigenvalue weighted by Crippen LogP contribution is -2.62. The molecule has 4 fully saturated rings. The van der Waals surface area contributed by atoms with E-state index >= 15 is 0 Å². The van der Waals surface area contributed by atoms with Crippen LogP contribution in [0.2, 0.25) is 0 Å². The van der Waals surface area contributed by atoms with Crippen LogP contribution in [0.5, 0.6) is 5.75 Å². The Bertz CT molecular complexity index is 1730. The zero-order chi connectivity index (χ0) is 37.3. The van der Waals surface area contributed by atoms with E-state index in [0.717, 1.165) is 34.4 Å². The second-order valence-corrected chi connectivity index (χ2v) is 15.8. The van der Waals surface area contributed by atoms with Crippen molar-refractivity contribution in [3.8, 4) is 16.9 Å². The summed E-state index contributed by atoms with van der Waals surface area (Å²) in [6.45, 7) is 8.85. The van der Waals surface area contributed by atoms with E-state index in [9.17, 15) is 19.8 Å². The SMILES string of the molecule is COc1c(CN2O[C@@H](CO)[C@H]([C@H](C)O)[C@H]2C(=O)N[C@H]2C[C@H]3C[C@@H]([C@@H]2C)C3(C)C)cccc1-c1cc(C(=O)NCCc2cccnc2)cc(N(C)C)c1. The number of aliphatic hydroxyl groups excluding tert-OH is 2. The number of carbonyl (C=O) groups excluding carboxylic acids is 2. The van der Waals surface area contributed by atoms with Crippen LogP contribution in [0.1, 0.15) is 62.0 Å². The van der Waals surface area contributed by atoms with Crippen LogP contribution >= 0.6 is 0 Å². The van der Waals surface area contributed by atoms with Gasteiger partial charge in [0.05, 0.1) is 26.4 Å². The summed E-state index contributed by atoms with van der Waals surface area (Å²) < 4.78 is 6.05. The predicted octanol–water partition coefficient (Wildman–Crippen LogP) is 4.46. The van der Waals surface area contributed by atoms with Crippen molar-refractivity contribution in [1.29, 1.82) is 0 Å². The number of anilines is 1. The number of fused-ring (bicyclic) bond motifs is 2. The van der Waals surface area contributed by atoms with Gasteiger partial charge in [0.2, 0.25) is 5.91 Å². The van der Waals surface area contributed by atoms with Crippen LogP contribution in [0.4, 0.5) is 5.69 Å². The maximum Gasteiger partial charge on any atom is 0.251 e. The van der Waals surface area contributed by atoms with E-state index < -0.39 is 24.2 Å². The van der Waals surface area contributed by atoms with Gasteiger partial charge in [0.15, 0.2) is 0 Å². The number of carbonyl (C=O) groups is 2. The molecule has 3 aromatic rings. The molecule has 3 aliphatic carbocycles. The van der Waals surface area contributed by atoms with Crippen molar-refractivity contribution in [2.75, 3.05) is 39.3 Å². The van der Waals surface area contributed by atoms with Gasteiger partial charge in [-0.15, -0.1) is 0 Å². The molecule has 2 amide bonds. The lowest BCUT2D eigenvalue weighted by atomic mass is 9.45. The van der Waals surface area contributed by atoms with E-state index in [1.54, 1.807) is 31.5 Å². The molecule has 280 valence electrons. The van der Waals surface area contributed by atoms with Gasteiger partial charge in [0.1, 0.15) is 17.9 Å². The van der Waals surface area contributed by atoms with Gasteiger partial charge >= 0.3 is 0 Å². The first kappa shape index (κ1) is 37.7. The summed E-state index contributed by atoms with van der Waals surface area (Å²) in [4.78, 5) is 40.0. The third-order valence-corrected chi connectivity index (χ3v) is 12.1. The molecular formula is C41H55N5O6. The molecule has 7 rings (SSSR count). The first-order chi connectivity index (χ1) is 24.8. The van der Waals surface area contributed by atoms with E-state index in [1.165, 1.54) is 6.42 Å². The molecule has 3 saturated carbocycles. The molecular weight excluding hydrogens is 658 g/mol. The Labute approximate surface area is 307 Å². The second-order valence-electron chi connectivity index (χ2n) is 15.8. The van der Waals surface area contributed by atoms with Crippen molar-refractivity contribution in [3.63, 3.8) is 0 Å². The van der Waals surface area contributed by atoms with Crippen LogP contribution in [0, 0.1) is 29.1 Å². The normalized spacial score (nSPS) is 27.0. The smallest absolute Gasteiger partial charge is 0.251 e. The number of hydroxylamine groups is 2. The first-order valence-corrected chi connectivity index (χ1v) is 18.5. The topological polar surface area (TPSA) is 136 Å². The maximum absolute atomic E-state index is 14.2. The number of amides is 2. The molecule has 4 N–H and O–H groups in total. The van der Waals surface area contributed by atoms with Crippen molar-refractivity contribution < 1.29 is 29.4 Å². The second kappa shape index (κ2) is 15.5. The molecule has 0 spiro atoms. The molecule has 52 heavy (non-hydrogen) atoms. The molecule has 0 radical (unpaired) electrons. The Hall–Kier alpha value is -4.03. The number of nitrogens with zero attached hydrogens (tertiary/aromatic N) is 3. The van der Waals surface area contributed by atoms with Gasteiger partial charge in [-0.2, -0.15) is 5.06 Å². The average Bonchev–Trinajstić information content (AvgIpc) is 3.51. The summed E-state index contributed by atoms with van der Waals surface area (Å²) in [5, 5.41) is 29.2. The fourth-order valence-corrected chi connectivity index (χ4v) is 8.95. The highest BCUT2D eigenvalue weighted by Crippen LogP contribution is 2.61. The van der Waals surface area contributed by atoms with Crippen LogP contribution in [-0.2, 0) is 22.6 Å². The monoisotopic (exact) mass is 713 g/mol. The van der Waals surface area contributed by atoms with Gasteiger partial charge in [-0.25, -0.2) is 0 Å². The van der Waals surface area contributed by atoms with Crippen LogP contribution in [0.25, 0.3) is 11.1 Å². The number of aliphatic hydroxyl groups is 2. The Morgan fingerprint density at radius 3 is 2.58 bits per heavy atom. The number of ether oxygens (including phenoxy) is 1. The molecule has 2 aromatic carbocycles. The van der Waals surface area contributed by atoms with E-state index in [2.05, 4.69) is 36.4 Å². The number of para-hydroxylation sites is 1. The molecule has 1 aliphatic heterocycles. The Morgan fingerprint density at radius 2 is 1.94 bits per heavy atom. The number of methoxy groups -OCH3 is 1. The van der Waals surface area contributed by atoms with Crippen molar-refractivity contribution in [2.24, 2.45) is 29.1 Å². The fourth-order valence-electron chi connectivity index (χ4n) is 8.95. The lowest BCUT2D eigenvalue weighted by molar-refractivity contribution is -0.183. The number of pyridine rings is 1. The van der Waals surface area contributed by atoms with E-state index in [-0.39, 0.29) is 36.4 Å². The van der Waals surface area contributed by atoms with Crippen LogP contribution in [0.15, 0.2) is 60.9 Å². The quantitative estimate of drug-likeness (QED) is 0.203. The summed E-state index contributed by atoms with van der Waals surface area (Å²) in [6, 6.07) is 14.6. The van der Waals surface area contributed by atoms with Crippen molar-refractivity contribution in [1.82, 2.24) is 20.7 Å². The number of aromatic nitrogens is 1. The van der Waals surface area contributed by atoms with Gasteiger partial charge in [-0.1, -0.05) is 45.0 Å². The zero-order valence-corrected chi connectivity index (χ0v) is 31.5. The largest absolute Gasteiger partial charge is 0.496 e. The number of rotatable bonds is 13. The Balaban J connectivity index is 1.26. The van der Waals surface area contributed by atoms with Gasteiger partial charge in [-0.05, 0) is 84.7 Å². The highest BCUT2D eigenvalue weighted by molar-refractivity contribution is 5.97. The predicted molar refractivity (Wildman–Crippen MR) is 201 cm³/mol. The van der Waals surface area contributed by atoms with E-state index in [4.69, 9.17) is 9.57 Å². The summed E-state index contributed by atoms with van der Waals surface area (Å²) in [5.74, 6) is 1.02. The molecule has 4 aliphatic rings. The highest BCUT2D eigenvalue weighted by Gasteiger charge is 2.57. The number of hydrogen-bond acceptors (Lipinski definition) is 9. The van der Waals surface area contributed by atoms with Crippen LogP contribution < -0.4 is 20.3 Å². The fraction of sp³-hybridized carbons (Fsp3) is 0.537. The summed E-state index contributed by atoms with van der Waals surface area (Å²) >= 11 is 0. The van der Waals surface area contributed by atoms with Crippen LogP contribution in [0.3, 0.4) is 0 Å². The van der Waals surface area contributed by atoms with Crippen molar-refractivity contribution in [2.45, 2.75) is 77.8 Å². The minimum atomic E-state index is -0.898. The van der Waals surface area contributed by atoms with Gasteiger partial charge in [-0.3, -0.25) is 19.4 Å². The van der Waals surface area contributed by atoms with E-state index in [1.807, 2.05) is 67.5 Å². The van der Waals surface area contributed by atoms with Crippen LogP contribution in [-0.4, -0.2) is 90.7 Å². The number of benzene rings is 2. The number of hydrogen-bond donors (Lipinski definition) is 4. The molecule has 0 unspecified atom stereocenters. The number of nitrogens with one attached hydrogen (secondary N) is 2. The Morgan fingerprint density at radius 1 is 1.15 bits per heavy atom. The third-order valence-electron chi connectivity index (χ3n) is 12.1. The maximum atomic E-state index is 14.2. The van der Waals surface area contributed by atoms with E-state index in [0.29, 0.717) is 42.0 Å². The first-order valence-electron chi connectivity index (χ1n) is 18.5. The van der Waals surface area contributed by atoms with Gasteiger partial charge in [0, 0.05) is 67.4 Å².